The van der Waals surface area contributed by atoms with Crippen LogP contribution in [0, 0.1) is 5.82 Å². The number of nitrogens with one attached hydrogen (secondary N) is 1. The molecule has 0 saturated carbocycles. The van der Waals surface area contributed by atoms with Gasteiger partial charge in [0.15, 0.2) is 11.7 Å². The first-order valence-corrected chi connectivity index (χ1v) is 10.4. The van der Waals surface area contributed by atoms with Gasteiger partial charge in [0.25, 0.3) is 0 Å². The summed E-state index contributed by atoms with van der Waals surface area (Å²) in [4.78, 5) is 22.0. The highest BCUT2D eigenvalue weighted by Crippen LogP contribution is 2.30. The standard InChI is InChI=1S/C25H22FN3O2/c26-19-6-7-20-21(15-27-22(20)14-19)17-10-12-29(13-11-17)25(30)9-8-24-28-16-23(31-24)18-4-2-1-3-5-18/h1-7,10,14-16,27H,8-9,11-13H2. The van der Waals surface area contributed by atoms with Crippen molar-refractivity contribution in [3.8, 4) is 11.3 Å². The van der Waals surface area contributed by atoms with Crippen molar-refractivity contribution in [1.29, 1.82) is 0 Å². The van der Waals surface area contributed by atoms with Crippen molar-refractivity contribution in [3.05, 3.63) is 84.3 Å². The number of H-pyrrole nitrogens is 1. The summed E-state index contributed by atoms with van der Waals surface area (Å²) in [7, 11) is 0. The number of aromatic amines is 1. The van der Waals surface area contributed by atoms with Gasteiger partial charge in [0.1, 0.15) is 5.82 Å². The van der Waals surface area contributed by atoms with Crippen LogP contribution < -0.4 is 0 Å². The number of hydrogen-bond acceptors (Lipinski definition) is 3. The molecular weight excluding hydrogens is 393 g/mol. The van der Waals surface area contributed by atoms with Crippen LogP contribution in [0.1, 0.15) is 24.3 Å². The second-order valence-electron chi connectivity index (χ2n) is 7.70. The first kappa shape index (κ1) is 19.3. The lowest BCUT2D eigenvalue weighted by molar-refractivity contribution is -0.130. The molecule has 6 heteroatoms. The molecule has 0 bridgehead atoms. The summed E-state index contributed by atoms with van der Waals surface area (Å²) in [6.45, 7) is 1.24. The highest BCUT2D eigenvalue weighted by atomic mass is 19.1. The fraction of sp³-hybridized carbons (Fsp3) is 0.200. The van der Waals surface area contributed by atoms with Crippen LogP contribution in [-0.4, -0.2) is 33.9 Å². The maximum atomic E-state index is 13.4. The number of hydrogen-bond donors (Lipinski definition) is 1. The summed E-state index contributed by atoms with van der Waals surface area (Å²) in [6.07, 6.45) is 7.33. The SMILES string of the molecule is O=C(CCc1ncc(-c2ccccc2)o1)N1CC=C(c2c[nH]c3cc(F)ccc23)CC1. The fourth-order valence-electron chi connectivity index (χ4n) is 4.04. The monoisotopic (exact) mass is 415 g/mol. The molecule has 156 valence electrons. The Balaban J connectivity index is 1.20. The van der Waals surface area contributed by atoms with Gasteiger partial charge in [-0.2, -0.15) is 0 Å². The Morgan fingerprint density at radius 1 is 1.19 bits per heavy atom. The molecule has 0 radical (unpaired) electrons. The van der Waals surface area contributed by atoms with Gasteiger partial charge in [-0.1, -0.05) is 36.4 Å². The number of carbonyl (C=O) groups is 1. The fourth-order valence-corrected chi connectivity index (χ4v) is 4.04. The first-order valence-electron chi connectivity index (χ1n) is 10.4. The normalized spacial score (nSPS) is 14.1. The van der Waals surface area contributed by atoms with Crippen LogP contribution in [0.2, 0.25) is 0 Å². The third-order valence-corrected chi connectivity index (χ3v) is 5.72. The summed E-state index contributed by atoms with van der Waals surface area (Å²) < 4.78 is 19.2. The number of oxazole rings is 1. The number of benzene rings is 2. The molecule has 0 saturated heterocycles. The Morgan fingerprint density at radius 3 is 2.87 bits per heavy atom. The Labute approximate surface area is 179 Å². The smallest absolute Gasteiger partial charge is 0.223 e. The number of carbonyl (C=O) groups excluding carboxylic acids is 1. The molecule has 0 aliphatic carbocycles. The third kappa shape index (κ3) is 4.01. The Hall–Kier alpha value is -3.67. The van der Waals surface area contributed by atoms with Gasteiger partial charge in [0, 0.05) is 54.2 Å². The second-order valence-corrected chi connectivity index (χ2v) is 7.70. The van der Waals surface area contributed by atoms with Gasteiger partial charge in [-0.3, -0.25) is 4.79 Å². The van der Waals surface area contributed by atoms with E-state index in [4.69, 9.17) is 4.42 Å². The minimum Gasteiger partial charge on any atom is -0.441 e. The molecule has 0 atom stereocenters. The number of fused-ring (bicyclic) bond motifs is 1. The molecule has 31 heavy (non-hydrogen) atoms. The van der Waals surface area contributed by atoms with Crippen molar-refractivity contribution in [1.82, 2.24) is 14.9 Å². The summed E-state index contributed by atoms with van der Waals surface area (Å²) in [6, 6.07) is 14.6. The molecule has 1 amide bonds. The predicted octanol–water partition coefficient (Wildman–Crippen LogP) is 5.21. The summed E-state index contributed by atoms with van der Waals surface area (Å²) in [5, 5.41) is 1.01. The number of amides is 1. The molecule has 2 aromatic carbocycles. The highest BCUT2D eigenvalue weighted by molar-refractivity contribution is 5.93. The van der Waals surface area contributed by atoms with E-state index >= 15 is 0 Å². The van der Waals surface area contributed by atoms with Crippen LogP contribution in [0.5, 0.6) is 0 Å². The number of halogens is 1. The summed E-state index contributed by atoms with van der Waals surface area (Å²) in [5.74, 6) is 1.13. The summed E-state index contributed by atoms with van der Waals surface area (Å²) in [5.41, 5.74) is 4.02. The molecule has 5 rings (SSSR count). The molecule has 1 N–H and O–H groups in total. The van der Waals surface area contributed by atoms with Gasteiger partial charge in [-0.05, 0) is 30.2 Å². The lowest BCUT2D eigenvalue weighted by Crippen LogP contribution is -2.34. The van der Waals surface area contributed by atoms with E-state index in [9.17, 15) is 9.18 Å². The molecule has 0 fully saturated rings. The topological polar surface area (TPSA) is 62.1 Å². The molecule has 0 unspecified atom stereocenters. The van der Waals surface area contributed by atoms with Crippen LogP contribution >= 0.6 is 0 Å². The Kier molecular flexibility index (Phi) is 5.12. The molecule has 2 aromatic heterocycles. The Morgan fingerprint density at radius 2 is 2.06 bits per heavy atom. The molecule has 3 heterocycles. The van der Waals surface area contributed by atoms with Gasteiger partial charge in [-0.15, -0.1) is 0 Å². The highest BCUT2D eigenvalue weighted by Gasteiger charge is 2.20. The van der Waals surface area contributed by atoms with E-state index in [0.717, 1.165) is 28.5 Å². The average Bonchev–Trinajstić information content (AvgIpc) is 3.45. The average molecular weight is 415 g/mol. The number of aromatic nitrogens is 2. The van der Waals surface area contributed by atoms with Crippen molar-refractivity contribution in [2.24, 2.45) is 0 Å². The number of rotatable bonds is 5. The quantitative estimate of drug-likeness (QED) is 0.487. The van der Waals surface area contributed by atoms with E-state index in [2.05, 4.69) is 16.0 Å². The first-order chi connectivity index (χ1) is 15.2. The van der Waals surface area contributed by atoms with Crippen LogP contribution in [0.15, 0.2) is 71.4 Å². The second kappa shape index (κ2) is 8.22. The molecule has 5 nitrogen and oxygen atoms in total. The van der Waals surface area contributed by atoms with Gasteiger partial charge >= 0.3 is 0 Å². The molecule has 1 aliphatic rings. The van der Waals surface area contributed by atoms with E-state index in [1.54, 1.807) is 12.3 Å². The van der Waals surface area contributed by atoms with Crippen LogP contribution in [-0.2, 0) is 11.2 Å². The van der Waals surface area contributed by atoms with E-state index in [1.165, 1.54) is 17.7 Å². The zero-order valence-corrected chi connectivity index (χ0v) is 17.0. The lowest BCUT2D eigenvalue weighted by atomic mass is 9.98. The number of aryl methyl sites for hydroxylation is 1. The van der Waals surface area contributed by atoms with Crippen LogP contribution in [0.3, 0.4) is 0 Å². The lowest BCUT2D eigenvalue weighted by Gasteiger charge is -2.26. The van der Waals surface area contributed by atoms with Crippen molar-refractivity contribution in [3.63, 3.8) is 0 Å². The van der Waals surface area contributed by atoms with Crippen LogP contribution in [0.25, 0.3) is 27.8 Å². The minimum atomic E-state index is -0.253. The van der Waals surface area contributed by atoms with Gasteiger partial charge in [-0.25, -0.2) is 9.37 Å². The zero-order chi connectivity index (χ0) is 21.2. The van der Waals surface area contributed by atoms with Crippen molar-refractivity contribution < 1.29 is 13.6 Å². The molecule has 4 aromatic rings. The minimum absolute atomic E-state index is 0.0933. The molecular formula is C25H22FN3O2. The molecule has 1 aliphatic heterocycles. The van der Waals surface area contributed by atoms with Crippen molar-refractivity contribution in [2.45, 2.75) is 19.3 Å². The van der Waals surface area contributed by atoms with Gasteiger partial charge < -0.3 is 14.3 Å². The van der Waals surface area contributed by atoms with E-state index in [1.807, 2.05) is 41.4 Å². The van der Waals surface area contributed by atoms with Crippen molar-refractivity contribution in [2.75, 3.05) is 13.1 Å². The van der Waals surface area contributed by atoms with Crippen LogP contribution in [0.4, 0.5) is 4.39 Å². The summed E-state index contributed by atoms with van der Waals surface area (Å²) >= 11 is 0. The van der Waals surface area contributed by atoms with Crippen molar-refractivity contribution >= 4 is 22.4 Å². The molecule has 0 spiro atoms. The van der Waals surface area contributed by atoms with E-state index in [0.29, 0.717) is 37.6 Å². The zero-order valence-electron chi connectivity index (χ0n) is 17.0. The largest absolute Gasteiger partial charge is 0.441 e. The maximum Gasteiger partial charge on any atom is 0.223 e. The van der Waals surface area contributed by atoms with Gasteiger partial charge in [0.2, 0.25) is 5.91 Å². The van der Waals surface area contributed by atoms with Gasteiger partial charge in [0.05, 0.1) is 6.20 Å². The number of nitrogens with zero attached hydrogens (tertiary/aromatic N) is 2. The third-order valence-electron chi connectivity index (χ3n) is 5.72. The Bertz CT molecular complexity index is 1260. The van der Waals surface area contributed by atoms with E-state index in [-0.39, 0.29) is 11.7 Å². The maximum absolute atomic E-state index is 13.4. The predicted molar refractivity (Wildman–Crippen MR) is 118 cm³/mol. The van der Waals surface area contributed by atoms with E-state index < -0.39 is 0 Å².